The number of azo groups is 1. The number of aromatic nitrogens is 2. The third-order valence-electron chi connectivity index (χ3n) is 3.85. The average molecular weight is 357 g/mol. The third-order valence-corrected chi connectivity index (χ3v) is 3.85. The molecule has 0 spiro atoms. The lowest BCUT2D eigenvalue weighted by atomic mass is 10.1. The number of alkyl halides is 3. The number of allylic oxidation sites excluding steroid dienone is 3. The fourth-order valence-corrected chi connectivity index (χ4v) is 2.58. The Labute approximate surface area is 145 Å². The van der Waals surface area contributed by atoms with Gasteiger partial charge in [-0.15, -0.1) is 10.2 Å². The van der Waals surface area contributed by atoms with Gasteiger partial charge >= 0.3 is 6.18 Å². The minimum Gasteiger partial charge on any atom is -0.284 e. The summed E-state index contributed by atoms with van der Waals surface area (Å²) in [5.41, 5.74) is 1.77. The molecule has 0 amide bonds. The Morgan fingerprint density at radius 3 is 2.62 bits per heavy atom. The molecule has 9 heteroatoms. The van der Waals surface area contributed by atoms with E-state index in [9.17, 15) is 18.4 Å². The van der Waals surface area contributed by atoms with Crippen molar-refractivity contribution in [3.8, 4) is 11.3 Å². The van der Waals surface area contributed by atoms with E-state index in [1.165, 1.54) is 6.20 Å². The van der Waals surface area contributed by atoms with Crippen LogP contribution in [0.25, 0.3) is 17.0 Å². The molecule has 0 fully saturated rings. The Bertz CT molecular complexity index is 993. The number of hydrogen-bond donors (Lipinski definition) is 1. The van der Waals surface area contributed by atoms with Gasteiger partial charge in [-0.05, 0) is 30.4 Å². The van der Waals surface area contributed by atoms with Crippen LogP contribution in [-0.2, 0) is 0 Å². The minimum atomic E-state index is -4.56. The maximum atomic E-state index is 12.8. The molecule has 130 valence electrons. The predicted molar refractivity (Wildman–Crippen MR) is 85.8 cm³/mol. The molecule has 4 heterocycles. The summed E-state index contributed by atoms with van der Waals surface area (Å²) in [6.07, 6.45) is 2.86. The molecular formula is C17H10F3N5O. The smallest absolute Gasteiger partial charge is 0.284 e. The summed E-state index contributed by atoms with van der Waals surface area (Å²) < 4.78 is 38.3. The Kier molecular flexibility index (Phi) is 3.66. The highest BCUT2D eigenvalue weighted by molar-refractivity contribution is 5.82. The molecule has 0 bridgehead atoms. The van der Waals surface area contributed by atoms with Crippen LogP contribution in [0.4, 0.5) is 18.9 Å². The highest BCUT2D eigenvalue weighted by Crippen LogP contribution is 2.40. The zero-order valence-corrected chi connectivity index (χ0v) is 13.0. The average Bonchev–Trinajstić information content (AvgIpc) is 3.04. The Hall–Kier alpha value is -3.33. The van der Waals surface area contributed by atoms with Gasteiger partial charge in [0.15, 0.2) is 0 Å². The lowest BCUT2D eigenvalue weighted by Gasteiger charge is -2.21. The lowest BCUT2D eigenvalue weighted by Crippen LogP contribution is -2.20. The SMILES string of the molecule is ON1C=C(C(F)(F)F)C=C/C1=C1/N=Nc2cnc(-c3cccnc3)cc21. The van der Waals surface area contributed by atoms with Crippen LogP contribution in [0.15, 0.2) is 76.6 Å². The molecule has 0 radical (unpaired) electrons. The highest BCUT2D eigenvalue weighted by Gasteiger charge is 2.35. The highest BCUT2D eigenvalue weighted by atomic mass is 19.4. The van der Waals surface area contributed by atoms with E-state index in [0.29, 0.717) is 28.2 Å². The van der Waals surface area contributed by atoms with E-state index in [2.05, 4.69) is 20.2 Å². The van der Waals surface area contributed by atoms with Gasteiger partial charge in [-0.2, -0.15) is 13.2 Å². The van der Waals surface area contributed by atoms with Crippen molar-refractivity contribution in [1.29, 1.82) is 0 Å². The van der Waals surface area contributed by atoms with Crippen molar-refractivity contribution < 1.29 is 18.4 Å². The number of fused-ring (bicyclic) bond motifs is 1. The zero-order chi connectivity index (χ0) is 18.3. The predicted octanol–water partition coefficient (Wildman–Crippen LogP) is 4.62. The van der Waals surface area contributed by atoms with Crippen LogP contribution < -0.4 is 0 Å². The standard InChI is InChI=1S/C17H10F3N5O/c18-17(19,20)11-3-4-15(25(26)9-11)16-12-6-13(10-2-1-5-21-7-10)22-8-14(12)23-24-16/h1-9,26H/b16-15-. The first-order valence-electron chi connectivity index (χ1n) is 7.45. The molecule has 0 aliphatic carbocycles. The van der Waals surface area contributed by atoms with Gasteiger partial charge in [0, 0.05) is 29.7 Å². The number of halogens is 3. The largest absolute Gasteiger partial charge is 0.417 e. The van der Waals surface area contributed by atoms with Crippen LogP contribution in [0.3, 0.4) is 0 Å². The minimum absolute atomic E-state index is 0.0869. The first kappa shape index (κ1) is 16.2. The van der Waals surface area contributed by atoms with Crippen molar-refractivity contribution in [2.45, 2.75) is 6.18 Å². The molecule has 2 aliphatic heterocycles. The number of hydroxylamine groups is 2. The van der Waals surface area contributed by atoms with E-state index < -0.39 is 11.7 Å². The number of pyridine rings is 2. The summed E-state index contributed by atoms with van der Waals surface area (Å²) in [6.45, 7) is 0. The lowest BCUT2D eigenvalue weighted by molar-refractivity contribution is -0.0938. The normalized spacial score (nSPS) is 18.9. The van der Waals surface area contributed by atoms with Crippen molar-refractivity contribution in [2.75, 3.05) is 0 Å². The second kappa shape index (κ2) is 5.88. The topological polar surface area (TPSA) is 74.0 Å². The van der Waals surface area contributed by atoms with Gasteiger partial charge in [0.1, 0.15) is 11.4 Å². The number of nitrogens with zero attached hydrogens (tertiary/aromatic N) is 5. The maximum absolute atomic E-state index is 12.8. The van der Waals surface area contributed by atoms with E-state index in [4.69, 9.17) is 0 Å². The third kappa shape index (κ3) is 2.78. The first-order chi connectivity index (χ1) is 12.4. The zero-order valence-electron chi connectivity index (χ0n) is 13.0. The molecule has 2 aromatic heterocycles. The van der Waals surface area contributed by atoms with E-state index in [1.807, 2.05) is 6.07 Å². The second-order valence-corrected chi connectivity index (χ2v) is 5.52. The van der Waals surface area contributed by atoms with Gasteiger partial charge in [0.2, 0.25) is 0 Å². The molecule has 2 aliphatic rings. The van der Waals surface area contributed by atoms with Crippen LogP contribution in [0, 0.1) is 0 Å². The Balaban J connectivity index is 1.77. The molecule has 0 saturated heterocycles. The molecule has 4 rings (SSSR count). The van der Waals surface area contributed by atoms with Crippen molar-refractivity contribution in [1.82, 2.24) is 15.0 Å². The number of hydrogen-bond acceptors (Lipinski definition) is 6. The molecule has 0 unspecified atom stereocenters. The van der Waals surface area contributed by atoms with Crippen molar-refractivity contribution >= 4 is 11.4 Å². The number of rotatable bonds is 1. The van der Waals surface area contributed by atoms with Gasteiger partial charge in [0.05, 0.1) is 23.2 Å². The van der Waals surface area contributed by atoms with Crippen LogP contribution in [0.2, 0.25) is 0 Å². The fourth-order valence-electron chi connectivity index (χ4n) is 2.58. The summed E-state index contributed by atoms with van der Waals surface area (Å²) >= 11 is 0. The maximum Gasteiger partial charge on any atom is 0.417 e. The Morgan fingerprint density at radius 1 is 1.08 bits per heavy atom. The summed E-state index contributed by atoms with van der Waals surface area (Å²) in [5.74, 6) is 0. The first-order valence-corrected chi connectivity index (χ1v) is 7.45. The van der Waals surface area contributed by atoms with Crippen molar-refractivity contribution in [3.05, 3.63) is 72.0 Å². The van der Waals surface area contributed by atoms with Crippen molar-refractivity contribution in [3.63, 3.8) is 0 Å². The van der Waals surface area contributed by atoms with Gasteiger partial charge in [0.25, 0.3) is 0 Å². The summed E-state index contributed by atoms with van der Waals surface area (Å²) in [4.78, 5) is 8.33. The monoisotopic (exact) mass is 357 g/mol. The van der Waals surface area contributed by atoms with E-state index in [1.54, 1.807) is 24.5 Å². The molecule has 0 aromatic carbocycles. The molecule has 1 N–H and O–H groups in total. The Morgan fingerprint density at radius 2 is 1.92 bits per heavy atom. The van der Waals surface area contributed by atoms with Crippen LogP contribution >= 0.6 is 0 Å². The fraction of sp³-hybridized carbons (Fsp3) is 0.0588. The summed E-state index contributed by atoms with van der Waals surface area (Å²) in [5, 5.41) is 18.3. The molecule has 0 saturated carbocycles. The van der Waals surface area contributed by atoms with Gasteiger partial charge in [-0.3, -0.25) is 15.2 Å². The molecule has 2 aromatic rings. The molecular weight excluding hydrogens is 347 g/mol. The van der Waals surface area contributed by atoms with Crippen LogP contribution in [0.1, 0.15) is 5.56 Å². The van der Waals surface area contributed by atoms with Crippen molar-refractivity contribution in [2.24, 2.45) is 10.2 Å². The molecule has 26 heavy (non-hydrogen) atoms. The quantitative estimate of drug-likeness (QED) is 0.808. The van der Waals surface area contributed by atoms with Crippen LogP contribution in [0.5, 0.6) is 0 Å². The van der Waals surface area contributed by atoms with Gasteiger partial charge < -0.3 is 0 Å². The van der Waals surface area contributed by atoms with E-state index in [0.717, 1.165) is 17.7 Å². The van der Waals surface area contributed by atoms with Crippen LogP contribution in [-0.4, -0.2) is 26.4 Å². The van der Waals surface area contributed by atoms with E-state index in [-0.39, 0.29) is 11.4 Å². The van der Waals surface area contributed by atoms with Gasteiger partial charge in [-0.25, -0.2) is 5.06 Å². The summed E-state index contributed by atoms with van der Waals surface area (Å²) in [6, 6.07) is 5.30. The van der Waals surface area contributed by atoms with E-state index >= 15 is 0 Å². The molecule has 0 atom stereocenters. The second-order valence-electron chi connectivity index (χ2n) is 5.52. The summed E-state index contributed by atoms with van der Waals surface area (Å²) in [7, 11) is 0. The molecule has 6 nitrogen and oxygen atoms in total. The van der Waals surface area contributed by atoms with Gasteiger partial charge in [-0.1, -0.05) is 0 Å².